The molecular weight excluding hydrogens is 372 g/mol. The lowest BCUT2D eigenvalue weighted by molar-refractivity contribution is 0.100. The van der Waals surface area contributed by atoms with Crippen LogP contribution < -0.4 is 14.2 Å². The second kappa shape index (κ2) is 7.09. The number of carbonyl (C=O) groups excluding carboxylic acids is 1. The molecular formula is C19H17BrO4. The van der Waals surface area contributed by atoms with Crippen LogP contribution in [0, 0.1) is 0 Å². The van der Waals surface area contributed by atoms with E-state index in [4.69, 9.17) is 14.2 Å². The molecule has 2 aromatic carbocycles. The van der Waals surface area contributed by atoms with Gasteiger partial charge in [-0.05, 0) is 58.8 Å². The molecule has 124 valence electrons. The first-order chi connectivity index (χ1) is 11.6. The average Bonchev–Trinajstić information content (AvgIpc) is 2.58. The van der Waals surface area contributed by atoms with Crippen molar-refractivity contribution in [2.75, 3.05) is 20.3 Å². The number of carbonyl (C=O) groups is 1. The number of rotatable bonds is 4. The largest absolute Gasteiger partial charge is 0.492 e. The van der Waals surface area contributed by atoms with E-state index in [0.717, 1.165) is 10.0 Å². The second-order valence-corrected chi connectivity index (χ2v) is 6.10. The molecule has 0 amide bonds. The van der Waals surface area contributed by atoms with Crippen LogP contribution in [0.15, 0.2) is 46.4 Å². The Bertz CT molecular complexity index is 811. The summed E-state index contributed by atoms with van der Waals surface area (Å²) in [5, 5.41) is 0. The van der Waals surface area contributed by atoms with E-state index in [1.165, 1.54) is 0 Å². The lowest BCUT2D eigenvalue weighted by atomic mass is 9.98. The predicted octanol–water partition coefficient (Wildman–Crippen LogP) is 4.52. The highest BCUT2D eigenvalue weighted by molar-refractivity contribution is 9.10. The smallest absolute Gasteiger partial charge is 0.196 e. The van der Waals surface area contributed by atoms with Crippen LogP contribution in [-0.2, 0) is 0 Å². The zero-order valence-electron chi connectivity index (χ0n) is 13.5. The molecule has 0 saturated carbocycles. The van der Waals surface area contributed by atoms with Gasteiger partial charge in [0.1, 0.15) is 12.4 Å². The first kappa shape index (κ1) is 16.6. The quantitative estimate of drug-likeness (QED) is 0.722. The van der Waals surface area contributed by atoms with Crippen LogP contribution in [-0.4, -0.2) is 26.1 Å². The van der Waals surface area contributed by atoms with Gasteiger partial charge in [0.2, 0.25) is 0 Å². The maximum Gasteiger partial charge on any atom is 0.196 e. The van der Waals surface area contributed by atoms with Gasteiger partial charge in [-0.15, -0.1) is 0 Å². The van der Waals surface area contributed by atoms with Gasteiger partial charge in [0.05, 0.1) is 23.8 Å². The van der Waals surface area contributed by atoms with Crippen molar-refractivity contribution in [3.05, 3.63) is 57.6 Å². The third kappa shape index (κ3) is 3.17. The molecule has 4 nitrogen and oxygen atoms in total. The molecule has 1 aliphatic heterocycles. The monoisotopic (exact) mass is 388 g/mol. The van der Waals surface area contributed by atoms with Crippen molar-refractivity contribution in [2.45, 2.75) is 6.92 Å². The Morgan fingerprint density at radius 1 is 1.29 bits per heavy atom. The first-order valence-electron chi connectivity index (χ1n) is 7.61. The summed E-state index contributed by atoms with van der Waals surface area (Å²) in [6, 6.07) is 11.0. The first-order valence-corrected chi connectivity index (χ1v) is 8.40. The summed E-state index contributed by atoms with van der Waals surface area (Å²) in [6.45, 7) is 2.69. The van der Waals surface area contributed by atoms with Gasteiger partial charge in [0.25, 0.3) is 0 Å². The van der Waals surface area contributed by atoms with Gasteiger partial charge < -0.3 is 14.2 Å². The highest BCUT2D eigenvalue weighted by atomic mass is 79.9. The van der Waals surface area contributed by atoms with Crippen LogP contribution in [0.4, 0.5) is 0 Å². The normalized spacial score (nSPS) is 15.0. The Kier molecular flexibility index (Phi) is 4.90. The number of hydrogen-bond donors (Lipinski definition) is 0. The molecule has 3 rings (SSSR count). The minimum Gasteiger partial charge on any atom is -0.492 e. The molecule has 0 saturated heterocycles. The van der Waals surface area contributed by atoms with Crippen LogP contribution in [0.1, 0.15) is 22.8 Å². The van der Waals surface area contributed by atoms with E-state index in [0.29, 0.717) is 35.0 Å². The highest BCUT2D eigenvalue weighted by Crippen LogP contribution is 2.37. The molecule has 0 aliphatic carbocycles. The fourth-order valence-corrected chi connectivity index (χ4v) is 3.24. The van der Waals surface area contributed by atoms with Gasteiger partial charge in [0.15, 0.2) is 17.3 Å². The fraction of sp³-hybridized carbons (Fsp3) is 0.211. The molecule has 0 aromatic heterocycles. The zero-order valence-corrected chi connectivity index (χ0v) is 15.1. The molecule has 1 aliphatic rings. The lowest BCUT2D eigenvalue weighted by Gasteiger charge is -2.19. The number of hydrogen-bond acceptors (Lipinski definition) is 4. The molecule has 2 aromatic rings. The SMILES string of the molecule is CCOc1cc(C=C2COc3ccccc3C2=O)cc(Br)c1OC. The highest BCUT2D eigenvalue weighted by Gasteiger charge is 2.23. The van der Waals surface area contributed by atoms with Crippen molar-refractivity contribution < 1.29 is 19.0 Å². The maximum absolute atomic E-state index is 12.6. The van der Waals surface area contributed by atoms with Gasteiger partial charge >= 0.3 is 0 Å². The Balaban J connectivity index is 1.99. The molecule has 0 N–H and O–H groups in total. The van der Waals surface area contributed by atoms with Crippen molar-refractivity contribution in [2.24, 2.45) is 0 Å². The van der Waals surface area contributed by atoms with Crippen molar-refractivity contribution >= 4 is 27.8 Å². The molecule has 0 atom stereocenters. The van der Waals surface area contributed by atoms with Crippen molar-refractivity contribution in [1.29, 1.82) is 0 Å². The number of ketones is 1. The van der Waals surface area contributed by atoms with Gasteiger partial charge in [-0.2, -0.15) is 0 Å². The van der Waals surface area contributed by atoms with E-state index in [1.54, 1.807) is 19.2 Å². The number of fused-ring (bicyclic) bond motifs is 1. The standard InChI is InChI=1S/C19H17BrO4/c1-3-23-17-10-12(9-15(20)19(17)22-2)8-13-11-24-16-7-5-4-6-14(16)18(13)21/h4-10H,3,11H2,1-2H3. The van der Waals surface area contributed by atoms with Crippen LogP contribution in [0.2, 0.25) is 0 Å². The summed E-state index contributed by atoms with van der Waals surface area (Å²) in [5.74, 6) is 1.88. The molecule has 0 radical (unpaired) electrons. The minimum atomic E-state index is -0.0123. The zero-order chi connectivity index (χ0) is 17.1. The summed E-state index contributed by atoms with van der Waals surface area (Å²) < 4.78 is 17.4. The van der Waals surface area contributed by atoms with Gasteiger partial charge in [-0.25, -0.2) is 0 Å². The number of halogens is 1. The van der Waals surface area contributed by atoms with E-state index in [2.05, 4.69) is 15.9 Å². The molecule has 1 heterocycles. The number of methoxy groups -OCH3 is 1. The lowest BCUT2D eigenvalue weighted by Crippen LogP contribution is -2.18. The van der Waals surface area contributed by atoms with Crippen LogP contribution >= 0.6 is 15.9 Å². The molecule has 0 fully saturated rings. The topological polar surface area (TPSA) is 44.8 Å². The molecule has 5 heteroatoms. The summed E-state index contributed by atoms with van der Waals surface area (Å²) in [4.78, 5) is 12.6. The Labute approximate surface area is 149 Å². The van der Waals surface area contributed by atoms with E-state index in [-0.39, 0.29) is 12.4 Å². The summed E-state index contributed by atoms with van der Waals surface area (Å²) in [5.41, 5.74) is 2.04. The molecule has 24 heavy (non-hydrogen) atoms. The van der Waals surface area contributed by atoms with E-state index >= 15 is 0 Å². The number of benzene rings is 2. The molecule has 0 unspecified atom stereocenters. The van der Waals surface area contributed by atoms with Gasteiger partial charge in [-0.1, -0.05) is 12.1 Å². The summed E-state index contributed by atoms with van der Waals surface area (Å²) >= 11 is 3.48. The van der Waals surface area contributed by atoms with Gasteiger partial charge in [0, 0.05) is 5.57 Å². The third-order valence-electron chi connectivity index (χ3n) is 3.68. The summed E-state index contributed by atoms with van der Waals surface area (Å²) in [7, 11) is 1.59. The maximum atomic E-state index is 12.6. The van der Waals surface area contributed by atoms with E-state index in [1.807, 2.05) is 37.3 Å². The number of ether oxygens (including phenoxy) is 3. The van der Waals surface area contributed by atoms with Crippen LogP contribution in [0.5, 0.6) is 17.2 Å². The Morgan fingerprint density at radius 2 is 2.08 bits per heavy atom. The Hall–Kier alpha value is -2.27. The minimum absolute atomic E-state index is 0.0123. The number of Topliss-reactive ketones (excluding diaryl/α,β-unsaturated/α-hetero) is 1. The third-order valence-corrected chi connectivity index (χ3v) is 4.27. The number of para-hydroxylation sites is 1. The van der Waals surface area contributed by atoms with Crippen molar-refractivity contribution in [1.82, 2.24) is 0 Å². The van der Waals surface area contributed by atoms with Crippen molar-refractivity contribution in [3.63, 3.8) is 0 Å². The second-order valence-electron chi connectivity index (χ2n) is 5.25. The predicted molar refractivity (Wildman–Crippen MR) is 96.1 cm³/mol. The fourth-order valence-electron chi connectivity index (χ4n) is 2.61. The van der Waals surface area contributed by atoms with Crippen LogP contribution in [0.3, 0.4) is 0 Å². The Morgan fingerprint density at radius 3 is 2.83 bits per heavy atom. The molecule has 0 spiro atoms. The van der Waals surface area contributed by atoms with E-state index in [9.17, 15) is 4.79 Å². The average molecular weight is 389 g/mol. The molecule has 0 bridgehead atoms. The summed E-state index contributed by atoms with van der Waals surface area (Å²) in [6.07, 6.45) is 1.82. The van der Waals surface area contributed by atoms with Gasteiger partial charge in [-0.3, -0.25) is 4.79 Å². The van der Waals surface area contributed by atoms with Crippen LogP contribution in [0.25, 0.3) is 6.08 Å². The van der Waals surface area contributed by atoms with Crippen molar-refractivity contribution in [3.8, 4) is 17.2 Å². The van der Waals surface area contributed by atoms with E-state index < -0.39 is 0 Å².